The number of aromatic nitrogens is 1. The molecular weight excluding hydrogens is 334 g/mol. The minimum absolute atomic E-state index is 0.0543. The van der Waals surface area contributed by atoms with Crippen molar-refractivity contribution in [3.63, 3.8) is 0 Å². The van der Waals surface area contributed by atoms with Gasteiger partial charge in [-0.25, -0.2) is 0 Å². The van der Waals surface area contributed by atoms with Crippen LogP contribution in [0.1, 0.15) is 29.0 Å². The van der Waals surface area contributed by atoms with Gasteiger partial charge in [-0.1, -0.05) is 54.6 Å². The van der Waals surface area contributed by atoms with E-state index in [2.05, 4.69) is 46.8 Å². The summed E-state index contributed by atoms with van der Waals surface area (Å²) in [6.07, 6.45) is 3.94. The maximum Gasteiger partial charge on any atom is 0.221 e. The normalized spacial score (nSPS) is 11.6. The van der Waals surface area contributed by atoms with Gasteiger partial charge in [0, 0.05) is 37.8 Å². The lowest BCUT2D eigenvalue weighted by Gasteiger charge is -2.20. The molecule has 1 aromatic heterocycles. The summed E-state index contributed by atoms with van der Waals surface area (Å²) in [5.74, 6) is 0.110. The SMILES string of the molecule is Cc1ccccc1[C@H](CC(=O)NCCNc1cccnc1)c1ccccc1. The fourth-order valence-corrected chi connectivity index (χ4v) is 3.20. The van der Waals surface area contributed by atoms with Gasteiger partial charge in [-0.3, -0.25) is 9.78 Å². The second-order valence-corrected chi connectivity index (χ2v) is 6.54. The Morgan fingerprint density at radius 2 is 1.74 bits per heavy atom. The second-order valence-electron chi connectivity index (χ2n) is 6.54. The molecule has 0 aliphatic carbocycles. The number of carbonyl (C=O) groups excluding carboxylic acids is 1. The maximum absolute atomic E-state index is 12.6. The van der Waals surface area contributed by atoms with E-state index in [9.17, 15) is 4.79 Å². The van der Waals surface area contributed by atoms with Crippen molar-refractivity contribution in [2.75, 3.05) is 18.4 Å². The lowest BCUT2D eigenvalue weighted by molar-refractivity contribution is -0.121. The molecule has 138 valence electrons. The van der Waals surface area contributed by atoms with Crippen LogP contribution in [0.3, 0.4) is 0 Å². The third-order valence-electron chi connectivity index (χ3n) is 4.59. The molecule has 2 aromatic carbocycles. The van der Waals surface area contributed by atoms with Crippen LogP contribution in [-0.4, -0.2) is 24.0 Å². The molecule has 1 atom stereocenters. The Kier molecular flexibility index (Phi) is 6.58. The molecule has 3 aromatic rings. The fraction of sp³-hybridized carbons (Fsp3) is 0.217. The third kappa shape index (κ3) is 5.42. The van der Waals surface area contributed by atoms with E-state index in [-0.39, 0.29) is 11.8 Å². The van der Waals surface area contributed by atoms with Crippen LogP contribution in [0.15, 0.2) is 79.1 Å². The molecule has 0 saturated heterocycles. The Morgan fingerprint density at radius 1 is 0.963 bits per heavy atom. The number of hydrogen-bond acceptors (Lipinski definition) is 3. The highest BCUT2D eigenvalue weighted by Crippen LogP contribution is 2.30. The van der Waals surface area contributed by atoms with Gasteiger partial charge in [0.05, 0.1) is 5.69 Å². The number of pyridine rings is 1. The topological polar surface area (TPSA) is 54.0 Å². The molecule has 2 N–H and O–H groups in total. The second kappa shape index (κ2) is 9.53. The van der Waals surface area contributed by atoms with E-state index in [0.29, 0.717) is 19.5 Å². The van der Waals surface area contributed by atoms with E-state index in [4.69, 9.17) is 0 Å². The number of anilines is 1. The molecule has 0 spiro atoms. The van der Waals surface area contributed by atoms with Crippen molar-refractivity contribution in [1.82, 2.24) is 10.3 Å². The van der Waals surface area contributed by atoms with Crippen molar-refractivity contribution in [3.05, 3.63) is 95.8 Å². The van der Waals surface area contributed by atoms with Gasteiger partial charge in [-0.05, 0) is 35.7 Å². The lowest BCUT2D eigenvalue weighted by Crippen LogP contribution is -2.30. The zero-order chi connectivity index (χ0) is 18.9. The Hall–Kier alpha value is -3.14. The summed E-state index contributed by atoms with van der Waals surface area (Å²) < 4.78 is 0. The number of nitrogens with zero attached hydrogens (tertiary/aromatic N) is 1. The predicted molar refractivity (Wildman–Crippen MR) is 110 cm³/mol. The van der Waals surface area contributed by atoms with Gasteiger partial charge in [-0.2, -0.15) is 0 Å². The number of amides is 1. The number of benzene rings is 2. The van der Waals surface area contributed by atoms with E-state index in [1.54, 1.807) is 12.4 Å². The minimum atomic E-state index is 0.0543. The Morgan fingerprint density at radius 3 is 2.48 bits per heavy atom. The summed E-state index contributed by atoms with van der Waals surface area (Å²) in [6, 6.07) is 22.4. The van der Waals surface area contributed by atoms with Crippen LogP contribution in [0.2, 0.25) is 0 Å². The molecule has 0 aliphatic heterocycles. The third-order valence-corrected chi connectivity index (χ3v) is 4.59. The largest absolute Gasteiger partial charge is 0.382 e. The average Bonchev–Trinajstić information content (AvgIpc) is 2.71. The highest BCUT2D eigenvalue weighted by Gasteiger charge is 2.19. The number of carbonyl (C=O) groups is 1. The molecular formula is C23H25N3O. The van der Waals surface area contributed by atoms with Crippen LogP contribution in [0.4, 0.5) is 5.69 Å². The zero-order valence-electron chi connectivity index (χ0n) is 15.6. The standard InChI is InChI=1S/C23H25N3O/c1-18-8-5-6-12-21(18)22(19-9-3-2-4-10-19)16-23(27)26-15-14-25-20-11-7-13-24-17-20/h2-13,17,22,25H,14-16H2,1H3,(H,26,27)/t22-/m1/s1. The monoisotopic (exact) mass is 359 g/mol. The summed E-state index contributed by atoms with van der Waals surface area (Å²) in [4.78, 5) is 16.6. The van der Waals surface area contributed by atoms with Gasteiger partial charge in [-0.15, -0.1) is 0 Å². The molecule has 0 radical (unpaired) electrons. The fourth-order valence-electron chi connectivity index (χ4n) is 3.20. The summed E-state index contributed by atoms with van der Waals surface area (Å²) >= 11 is 0. The summed E-state index contributed by atoms with van der Waals surface area (Å²) in [5, 5.41) is 6.27. The van der Waals surface area contributed by atoms with Crippen LogP contribution in [0.25, 0.3) is 0 Å². The van der Waals surface area contributed by atoms with Gasteiger partial charge in [0.2, 0.25) is 5.91 Å². The van der Waals surface area contributed by atoms with E-state index >= 15 is 0 Å². The van der Waals surface area contributed by atoms with Crippen LogP contribution < -0.4 is 10.6 Å². The molecule has 27 heavy (non-hydrogen) atoms. The first kappa shape index (κ1) is 18.6. The molecule has 1 heterocycles. The van der Waals surface area contributed by atoms with Gasteiger partial charge in [0.15, 0.2) is 0 Å². The van der Waals surface area contributed by atoms with E-state index < -0.39 is 0 Å². The highest BCUT2D eigenvalue weighted by atomic mass is 16.1. The Labute approximate surface area is 160 Å². The van der Waals surface area contributed by atoms with Crippen LogP contribution in [-0.2, 0) is 4.79 Å². The first-order valence-corrected chi connectivity index (χ1v) is 9.25. The van der Waals surface area contributed by atoms with Crippen LogP contribution in [0, 0.1) is 6.92 Å². The van der Waals surface area contributed by atoms with E-state index in [0.717, 1.165) is 11.3 Å². The summed E-state index contributed by atoms with van der Waals surface area (Å²) in [5.41, 5.74) is 4.52. The van der Waals surface area contributed by atoms with E-state index in [1.165, 1.54) is 11.1 Å². The minimum Gasteiger partial charge on any atom is -0.382 e. The predicted octanol–water partition coefficient (Wildman–Crippen LogP) is 4.14. The van der Waals surface area contributed by atoms with E-state index in [1.807, 2.05) is 42.5 Å². The molecule has 4 heteroatoms. The first-order chi connectivity index (χ1) is 13.2. The molecule has 0 fully saturated rings. The molecule has 0 bridgehead atoms. The molecule has 1 amide bonds. The van der Waals surface area contributed by atoms with Gasteiger partial charge in [0.1, 0.15) is 0 Å². The molecule has 0 unspecified atom stereocenters. The highest BCUT2D eigenvalue weighted by molar-refractivity contribution is 5.77. The van der Waals surface area contributed by atoms with Crippen molar-refractivity contribution in [1.29, 1.82) is 0 Å². The number of rotatable bonds is 8. The molecule has 0 saturated carbocycles. The van der Waals surface area contributed by atoms with Crippen molar-refractivity contribution in [3.8, 4) is 0 Å². The van der Waals surface area contributed by atoms with Crippen molar-refractivity contribution < 1.29 is 4.79 Å². The molecule has 0 aliphatic rings. The quantitative estimate of drug-likeness (QED) is 0.594. The maximum atomic E-state index is 12.6. The van der Waals surface area contributed by atoms with Crippen molar-refractivity contribution in [2.45, 2.75) is 19.3 Å². The number of nitrogens with one attached hydrogen (secondary N) is 2. The van der Waals surface area contributed by atoms with Crippen molar-refractivity contribution in [2.24, 2.45) is 0 Å². The van der Waals surface area contributed by atoms with Gasteiger partial charge >= 0.3 is 0 Å². The van der Waals surface area contributed by atoms with Crippen molar-refractivity contribution >= 4 is 11.6 Å². The number of hydrogen-bond donors (Lipinski definition) is 2. The first-order valence-electron chi connectivity index (χ1n) is 9.25. The lowest BCUT2D eigenvalue weighted by atomic mass is 9.86. The Balaban J connectivity index is 1.60. The summed E-state index contributed by atoms with van der Waals surface area (Å²) in [7, 11) is 0. The van der Waals surface area contributed by atoms with Gasteiger partial charge in [0.25, 0.3) is 0 Å². The van der Waals surface area contributed by atoms with Crippen LogP contribution in [0.5, 0.6) is 0 Å². The smallest absolute Gasteiger partial charge is 0.221 e. The zero-order valence-corrected chi connectivity index (χ0v) is 15.6. The van der Waals surface area contributed by atoms with Gasteiger partial charge < -0.3 is 10.6 Å². The summed E-state index contributed by atoms with van der Waals surface area (Å²) in [6.45, 7) is 3.34. The van der Waals surface area contributed by atoms with Crippen LogP contribution >= 0.6 is 0 Å². The number of aryl methyl sites for hydroxylation is 1. The molecule has 4 nitrogen and oxygen atoms in total. The average molecular weight is 359 g/mol. The molecule has 3 rings (SSSR count). The Bertz CT molecular complexity index is 850.